The van der Waals surface area contributed by atoms with Crippen molar-refractivity contribution in [3.63, 3.8) is 0 Å². The largest absolute Gasteiger partial charge is 0.337 e. The number of benzene rings is 1. The van der Waals surface area contributed by atoms with E-state index in [9.17, 15) is 10.1 Å². The molecular weight excluding hydrogens is 366 g/mol. The molecule has 26 heavy (non-hydrogen) atoms. The highest BCUT2D eigenvalue weighted by molar-refractivity contribution is 8.01. The second-order valence-electron chi connectivity index (χ2n) is 6.40. The average Bonchev–Trinajstić information content (AvgIpc) is 3.10. The van der Waals surface area contributed by atoms with Crippen molar-refractivity contribution in [1.82, 2.24) is 15.5 Å². The van der Waals surface area contributed by atoms with Gasteiger partial charge >= 0.3 is 0 Å². The van der Waals surface area contributed by atoms with Crippen LogP contribution in [0.15, 0.2) is 28.6 Å². The van der Waals surface area contributed by atoms with Crippen LogP contribution in [0.1, 0.15) is 37.7 Å². The first kappa shape index (κ1) is 18.7. The number of nitriles is 1. The number of carbonyl (C=O) groups is 1. The Bertz CT molecular complexity index is 808. The number of anilines is 2. The molecule has 136 valence electrons. The predicted molar refractivity (Wildman–Crippen MR) is 105 cm³/mol. The normalized spacial score (nSPS) is 15.8. The van der Waals surface area contributed by atoms with Gasteiger partial charge in [0.2, 0.25) is 11.0 Å². The number of para-hydroxylation sites is 1. The van der Waals surface area contributed by atoms with Crippen LogP contribution in [0.4, 0.5) is 10.8 Å². The molecule has 0 aliphatic heterocycles. The summed E-state index contributed by atoms with van der Waals surface area (Å²) in [6, 6.07) is 10.3. The highest BCUT2D eigenvalue weighted by atomic mass is 32.2. The Morgan fingerprint density at radius 2 is 2.08 bits per heavy atom. The van der Waals surface area contributed by atoms with Gasteiger partial charge in [0.15, 0.2) is 4.34 Å². The van der Waals surface area contributed by atoms with Crippen LogP contribution in [0.2, 0.25) is 0 Å². The molecule has 1 amide bonds. The van der Waals surface area contributed by atoms with Crippen molar-refractivity contribution in [2.24, 2.45) is 0 Å². The van der Waals surface area contributed by atoms with Gasteiger partial charge in [-0.15, -0.1) is 10.2 Å². The zero-order chi connectivity index (χ0) is 18.4. The summed E-state index contributed by atoms with van der Waals surface area (Å²) in [5.74, 6) is 0.115. The van der Waals surface area contributed by atoms with Gasteiger partial charge in [-0.2, -0.15) is 5.26 Å². The number of nitrogens with one attached hydrogen (secondary N) is 2. The van der Waals surface area contributed by atoms with Gasteiger partial charge < -0.3 is 10.6 Å². The molecule has 0 saturated heterocycles. The van der Waals surface area contributed by atoms with E-state index in [0.29, 0.717) is 5.13 Å². The summed E-state index contributed by atoms with van der Waals surface area (Å²) in [5.41, 5.74) is 1.44. The van der Waals surface area contributed by atoms with E-state index in [2.05, 4.69) is 26.9 Å². The fraction of sp³-hybridized carbons (Fsp3) is 0.444. The minimum Gasteiger partial charge on any atom is -0.337 e. The molecule has 6 nitrogen and oxygen atoms in total. The van der Waals surface area contributed by atoms with Gasteiger partial charge in [0, 0.05) is 5.69 Å². The smallest absolute Gasteiger partial charge is 0.231 e. The van der Waals surface area contributed by atoms with Gasteiger partial charge in [0.05, 0.1) is 11.8 Å². The quantitative estimate of drug-likeness (QED) is 0.728. The summed E-state index contributed by atoms with van der Waals surface area (Å²) < 4.78 is 0.728. The van der Waals surface area contributed by atoms with Crippen molar-refractivity contribution >= 4 is 39.8 Å². The molecule has 0 spiro atoms. The maximum absolute atomic E-state index is 12.2. The number of amides is 1. The molecule has 0 atom stereocenters. The number of aryl methyl sites for hydroxylation is 1. The molecule has 2 N–H and O–H groups in total. The third-order valence-corrected chi connectivity index (χ3v) is 6.39. The number of nitrogens with zero attached hydrogens (tertiary/aromatic N) is 3. The van der Waals surface area contributed by atoms with E-state index in [-0.39, 0.29) is 11.7 Å². The Balaban J connectivity index is 1.52. The molecule has 1 aliphatic rings. The number of hydrogen-bond acceptors (Lipinski definition) is 7. The lowest BCUT2D eigenvalue weighted by Crippen LogP contribution is -2.49. The van der Waals surface area contributed by atoms with E-state index >= 15 is 0 Å². The molecule has 3 rings (SSSR count). The number of aromatic nitrogens is 2. The van der Waals surface area contributed by atoms with Crippen molar-refractivity contribution in [3.05, 3.63) is 29.8 Å². The Morgan fingerprint density at radius 1 is 1.31 bits per heavy atom. The number of thioether (sulfide) groups is 1. The van der Waals surface area contributed by atoms with E-state index in [1.54, 1.807) is 0 Å². The molecule has 1 fully saturated rings. The van der Waals surface area contributed by atoms with Gasteiger partial charge in [-0.05, 0) is 31.4 Å². The summed E-state index contributed by atoms with van der Waals surface area (Å²) >= 11 is 2.76. The molecule has 1 aromatic carbocycles. The Labute approximate surface area is 161 Å². The standard InChI is InChI=1S/C18H21N5OS2/c1-13-7-3-4-8-14(13)20-16-22-23-17(26-16)25-11-15(24)21-18(12-19)9-5-2-6-10-18/h3-4,7-8H,2,5-6,9-11H2,1H3,(H,20,22)(H,21,24). The lowest BCUT2D eigenvalue weighted by Gasteiger charge is -2.31. The van der Waals surface area contributed by atoms with Crippen LogP contribution in [0.3, 0.4) is 0 Å². The molecule has 1 heterocycles. The molecule has 1 saturated carbocycles. The first-order valence-electron chi connectivity index (χ1n) is 8.61. The average molecular weight is 388 g/mol. The highest BCUT2D eigenvalue weighted by Crippen LogP contribution is 2.30. The van der Waals surface area contributed by atoms with Crippen LogP contribution in [-0.2, 0) is 4.79 Å². The van der Waals surface area contributed by atoms with Crippen LogP contribution in [0.25, 0.3) is 0 Å². The van der Waals surface area contributed by atoms with Gasteiger partial charge in [-0.3, -0.25) is 4.79 Å². The summed E-state index contributed by atoms with van der Waals surface area (Å²) in [6.07, 6.45) is 4.60. The number of hydrogen-bond donors (Lipinski definition) is 2. The Kier molecular flexibility index (Phi) is 6.12. The molecule has 1 aromatic heterocycles. The molecule has 8 heteroatoms. The van der Waals surface area contributed by atoms with Gasteiger partial charge in [-0.25, -0.2) is 0 Å². The van der Waals surface area contributed by atoms with E-state index in [0.717, 1.165) is 47.7 Å². The van der Waals surface area contributed by atoms with Crippen LogP contribution in [-0.4, -0.2) is 27.4 Å². The minimum atomic E-state index is -0.686. The molecule has 0 unspecified atom stereocenters. The number of rotatable bonds is 6. The van der Waals surface area contributed by atoms with E-state index in [1.807, 2.05) is 31.2 Å². The highest BCUT2D eigenvalue weighted by Gasteiger charge is 2.33. The maximum Gasteiger partial charge on any atom is 0.231 e. The zero-order valence-electron chi connectivity index (χ0n) is 14.6. The van der Waals surface area contributed by atoms with Crippen molar-refractivity contribution in [2.75, 3.05) is 11.1 Å². The Hall–Kier alpha value is -2.11. The van der Waals surface area contributed by atoms with Gasteiger partial charge in [-0.1, -0.05) is 60.6 Å². The summed E-state index contributed by atoms with van der Waals surface area (Å²) in [5, 5.41) is 24.6. The third kappa shape index (κ3) is 4.74. The van der Waals surface area contributed by atoms with E-state index < -0.39 is 5.54 Å². The van der Waals surface area contributed by atoms with Crippen molar-refractivity contribution in [2.45, 2.75) is 48.9 Å². The fourth-order valence-corrected chi connectivity index (χ4v) is 4.56. The topological polar surface area (TPSA) is 90.7 Å². The first-order valence-corrected chi connectivity index (χ1v) is 10.4. The minimum absolute atomic E-state index is 0.123. The van der Waals surface area contributed by atoms with Crippen molar-refractivity contribution in [3.8, 4) is 6.07 Å². The number of carbonyl (C=O) groups excluding carboxylic acids is 1. The monoisotopic (exact) mass is 387 g/mol. The van der Waals surface area contributed by atoms with Gasteiger partial charge in [0.1, 0.15) is 5.54 Å². The predicted octanol–water partition coefficient (Wildman–Crippen LogP) is 4.02. The summed E-state index contributed by atoms with van der Waals surface area (Å²) in [6.45, 7) is 2.03. The second-order valence-corrected chi connectivity index (χ2v) is 8.60. The first-order chi connectivity index (χ1) is 12.6. The van der Waals surface area contributed by atoms with Crippen LogP contribution in [0, 0.1) is 18.3 Å². The lowest BCUT2D eigenvalue weighted by molar-refractivity contribution is -0.120. The van der Waals surface area contributed by atoms with Crippen LogP contribution >= 0.6 is 23.1 Å². The van der Waals surface area contributed by atoms with E-state index in [1.165, 1.54) is 23.1 Å². The fourth-order valence-electron chi connectivity index (χ4n) is 3.00. The molecule has 0 bridgehead atoms. The van der Waals surface area contributed by atoms with Crippen molar-refractivity contribution < 1.29 is 4.79 Å². The second kappa shape index (κ2) is 8.52. The van der Waals surface area contributed by atoms with E-state index in [4.69, 9.17) is 0 Å². The molecular formula is C18H21N5OS2. The lowest BCUT2D eigenvalue weighted by atomic mass is 9.83. The zero-order valence-corrected chi connectivity index (χ0v) is 16.3. The summed E-state index contributed by atoms with van der Waals surface area (Å²) in [4.78, 5) is 12.2. The van der Waals surface area contributed by atoms with Crippen molar-refractivity contribution in [1.29, 1.82) is 5.26 Å². The van der Waals surface area contributed by atoms with Crippen LogP contribution in [0.5, 0.6) is 0 Å². The summed E-state index contributed by atoms with van der Waals surface area (Å²) in [7, 11) is 0. The Morgan fingerprint density at radius 3 is 2.81 bits per heavy atom. The molecule has 1 aliphatic carbocycles. The van der Waals surface area contributed by atoms with Crippen LogP contribution < -0.4 is 10.6 Å². The third-order valence-electron chi connectivity index (χ3n) is 4.42. The SMILES string of the molecule is Cc1ccccc1Nc1nnc(SCC(=O)NC2(C#N)CCCCC2)s1. The molecule has 0 radical (unpaired) electrons. The molecule has 2 aromatic rings. The van der Waals surface area contributed by atoms with Gasteiger partial charge in [0.25, 0.3) is 0 Å². The maximum atomic E-state index is 12.2.